The van der Waals surface area contributed by atoms with Crippen LogP contribution in [-0.2, 0) is 6.54 Å². The number of fused-ring (bicyclic) bond motifs is 1. The van der Waals surface area contributed by atoms with E-state index in [1.807, 2.05) is 25.1 Å². The van der Waals surface area contributed by atoms with Crippen LogP contribution in [0.5, 0.6) is 5.75 Å². The summed E-state index contributed by atoms with van der Waals surface area (Å²) < 4.78 is 5.97. The molecule has 0 amide bonds. The van der Waals surface area contributed by atoms with E-state index in [9.17, 15) is 4.79 Å². The van der Waals surface area contributed by atoms with Crippen LogP contribution in [0.3, 0.4) is 0 Å². The summed E-state index contributed by atoms with van der Waals surface area (Å²) in [4.78, 5) is 19.5. The van der Waals surface area contributed by atoms with Gasteiger partial charge in [-0.1, -0.05) is 29.8 Å². The van der Waals surface area contributed by atoms with Crippen molar-refractivity contribution in [3.8, 4) is 5.75 Å². The van der Waals surface area contributed by atoms with Gasteiger partial charge in [-0.2, -0.15) is 0 Å². The van der Waals surface area contributed by atoms with Crippen molar-refractivity contribution in [2.24, 2.45) is 0 Å². The first-order valence-electron chi connectivity index (χ1n) is 10.8. The number of nitrogens with one attached hydrogen (secondary N) is 1. The van der Waals surface area contributed by atoms with E-state index in [1.54, 1.807) is 6.07 Å². The SMILES string of the molecule is Cc1ccc(CN2CCN(CCCOc3ccc4[nH]c(=O)cc(C)c4c3)CC2)cc1. The van der Waals surface area contributed by atoms with Crippen LogP contribution in [0.1, 0.15) is 23.1 Å². The van der Waals surface area contributed by atoms with E-state index < -0.39 is 0 Å². The molecule has 0 radical (unpaired) electrons. The van der Waals surface area contributed by atoms with E-state index >= 15 is 0 Å². The number of hydrogen-bond donors (Lipinski definition) is 1. The first kappa shape index (κ1) is 20.6. The van der Waals surface area contributed by atoms with Gasteiger partial charge in [0.1, 0.15) is 5.75 Å². The molecule has 158 valence electrons. The molecule has 1 fully saturated rings. The van der Waals surface area contributed by atoms with Gasteiger partial charge in [-0.25, -0.2) is 0 Å². The maximum atomic E-state index is 11.6. The second-order valence-corrected chi connectivity index (χ2v) is 8.33. The fraction of sp³-hybridized carbons (Fsp3) is 0.400. The van der Waals surface area contributed by atoms with Crippen LogP contribution in [-0.4, -0.2) is 54.1 Å². The van der Waals surface area contributed by atoms with Crippen molar-refractivity contribution in [3.05, 3.63) is 75.6 Å². The lowest BCUT2D eigenvalue weighted by molar-refractivity contribution is 0.121. The predicted molar refractivity (Wildman–Crippen MR) is 122 cm³/mol. The molecule has 0 aliphatic carbocycles. The summed E-state index contributed by atoms with van der Waals surface area (Å²) in [7, 11) is 0. The van der Waals surface area contributed by atoms with E-state index in [0.717, 1.165) is 67.9 Å². The average Bonchev–Trinajstić information content (AvgIpc) is 2.74. The minimum Gasteiger partial charge on any atom is -0.494 e. The van der Waals surface area contributed by atoms with Crippen LogP contribution >= 0.6 is 0 Å². The molecule has 0 bridgehead atoms. The highest BCUT2D eigenvalue weighted by Gasteiger charge is 2.16. The van der Waals surface area contributed by atoms with Crippen molar-refractivity contribution in [1.82, 2.24) is 14.8 Å². The van der Waals surface area contributed by atoms with Gasteiger partial charge in [0.25, 0.3) is 0 Å². The summed E-state index contributed by atoms with van der Waals surface area (Å²) in [5, 5.41) is 1.04. The standard InChI is InChI=1S/C25H31N3O2/c1-19-4-6-21(7-5-19)18-28-13-11-27(12-14-28)10-3-15-30-22-8-9-24-23(17-22)20(2)16-25(29)26-24/h4-9,16-17H,3,10-15,18H2,1-2H3,(H,26,29). The Balaban J connectivity index is 1.19. The maximum absolute atomic E-state index is 11.6. The number of pyridine rings is 1. The number of piperazine rings is 1. The lowest BCUT2D eigenvalue weighted by Gasteiger charge is -2.34. The predicted octanol–water partition coefficient (Wildman–Crippen LogP) is 3.73. The number of benzene rings is 2. The Bertz CT molecular complexity index is 1030. The van der Waals surface area contributed by atoms with Crippen LogP contribution in [0.4, 0.5) is 0 Å². The van der Waals surface area contributed by atoms with Gasteiger partial charge in [-0.15, -0.1) is 0 Å². The van der Waals surface area contributed by atoms with E-state index in [1.165, 1.54) is 11.1 Å². The summed E-state index contributed by atoms with van der Waals surface area (Å²) in [6.45, 7) is 11.4. The zero-order valence-electron chi connectivity index (χ0n) is 18.0. The lowest BCUT2D eigenvalue weighted by Crippen LogP contribution is -2.46. The van der Waals surface area contributed by atoms with Crippen LogP contribution in [0.25, 0.3) is 10.9 Å². The fourth-order valence-electron chi connectivity index (χ4n) is 4.09. The monoisotopic (exact) mass is 405 g/mol. The summed E-state index contributed by atoms with van der Waals surface area (Å²) in [5.74, 6) is 0.862. The van der Waals surface area contributed by atoms with Crippen LogP contribution in [0.15, 0.2) is 53.3 Å². The van der Waals surface area contributed by atoms with E-state index in [4.69, 9.17) is 4.74 Å². The Morgan fingerprint density at radius 3 is 2.43 bits per heavy atom. The molecule has 0 spiro atoms. The number of ether oxygens (including phenoxy) is 1. The number of aromatic nitrogens is 1. The minimum atomic E-state index is -0.0624. The zero-order valence-corrected chi connectivity index (χ0v) is 18.0. The molecule has 2 aromatic carbocycles. The van der Waals surface area contributed by atoms with Crippen molar-refractivity contribution in [2.75, 3.05) is 39.3 Å². The smallest absolute Gasteiger partial charge is 0.248 e. The maximum Gasteiger partial charge on any atom is 0.248 e. The third kappa shape index (κ3) is 5.29. The number of H-pyrrole nitrogens is 1. The molecule has 0 unspecified atom stereocenters. The summed E-state index contributed by atoms with van der Waals surface area (Å²) >= 11 is 0. The molecule has 1 aliphatic heterocycles. The van der Waals surface area contributed by atoms with Crippen LogP contribution in [0.2, 0.25) is 0 Å². The molecule has 1 aromatic heterocycles. The zero-order chi connectivity index (χ0) is 20.9. The molecule has 1 N–H and O–H groups in total. The molecular weight excluding hydrogens is 374 g/mol. The van der Waals surface area contributed by atoms with Gasteiger partial charge in [-0.05, 0) is 49.6 Å². The topological polar surface area (TPSA) is 48.6 Å². The molecular formula is C25H31N3O2. The average molecular weight is 406 g/mol. The quantitative estimate of drug-likeness (QED) is 0.609. The number of hydrogen-bond acceptors (Lipinski definition) is 4. The number of nitrogens with zero attached hydrogens (tertiary/aromatic N) is 2. The molecule has 0 saturated carbocycles. The lowest BCUT2D eigenvalue weighted by atomic mass is 10.1. The van der Waals surface area contributed by atoms with E-state index in [0.29, 0.717) is 6.61 Å². The van der Waals surface area contributed by atoms with Crippen molar-refractivity contribution >= 4 is 10.9 Å². The molecule has 5 heteroatoms. The van der Waals surface area contributed by atoms with Gasteiger partial charge in [0.2, 0.25) is 5.56 Å². The Morgan fingerprint density at radius 1 is 0.933 bits per heavy atom. The third-order valence-corrected chi connectivity index (χ3v) is 5.90. The highest BCUT2D eigenvalue weighted by molar-refractivity contribution is 5.83. The van der Waals surface area contributed by atoms with Crippen LogP contribution < -0.4 is 10.3 Å². The molecule has 5 nitrogen and oxygen atoms in total. The van der Waals surface area contributed by atoms with Gasteiger partial charge in [0.15, 0.2) is 0 Å². The van der Waals surface area contributed by atoms with E-state index in [-0.39, 0.29) is 5.56 Å². The highest BCUT2D eigenvalue weighted by Crippen LogP contribution is 2.21. The molecule has 30 heavy (non-hydrogen) atoms. The largest absolute Gasteiger partial charge is 0.494 e. The Morgan fingerprint density at radius 2 is 1.67 bits per heavy atom. The molecule has 3 aromatic rings. The summed E-state index contributed by atoms with van der Waals surface area (Å²) in [6, 6.07) is 16.4. The summed E-state index contributed by atoms with van der Waals surface area (Å²) in [5.41, 5.74) is 4.49. The second-order valence-electron chi connectivity index (χ2n) is 8.33. The number of aromatic amines is 1. The third-order valence-electron chi connectivity index (χ3n) is 5.90. The second kappa shape index (κ2) is 9.45. The Labute approximate surface area is 178 Å². The van der Waals surface area contributed by atoms with Gasteiger partial charge in [0.05, 0.1) is 6.61 Å². The first-order chi connectivity index (χ1) is 14.6. The molecule has 1 saturated heterocycles. The number of aryl methyl sites for hydroxylation is 2. The fourth-order valence-corrected chi connectivity index (χ4v) is 4.09. The van der Waals surface area contributed by atoms with Gasteiger partial charge in [0, 0.05) is 56.2 Å². The molecule has 1 aliphatic rings. The van der Waals surface area contributed by atoms with E-state index in [2.05, 4.69) is 46.0 Å². The Hall–Kier alpha value is -2.63. The number of rotatable bonds is 7. The Kier molecular flexibility index (Phi) is 6.50. The molecule has 4 rings (SSSR count). The van der Waals surface area contributed by atoms with Gasteiger partial charge >= 0.3 is 0 Å². The van der Waals surface area contributed by atoms with Gasteiger partial charge < -0.3 is 14.6 Å². The normalized spacial score (nSPS) is 15.5. The van der Waals surface area contributed by atoms with Crippen molar-refractivity contribution < 1.29 is 4.74 Å². The van der Waals surface area contributed by atoms with Gasteiger partial charge in [-0.3, -0.25) is 9.69 Å². The van der Waals surface area contributed by atoms with Crippen molar-refractivity contribution in [2.45, 2.75) is 26.8 Å². The van der Waals surface area contributed by atoms with Crippen molar-refractivity contribution in [1.29, 1.82) is 0 Å². The summed E-state index contributed by atoms with van der Waals surface area (Å²) in [6.07, 6.45) is 1.01. The molecule has 0 atom stereocenters. The van der Waals surface area contributed by atoms with Crippen LogP contribution in [0, 0.1) is 13.8 Å². The first-order valence-corrected chi connectivity index (χ1v) is 10.8. The van der Waals surface area contributed by atoms with Crippen molar-refractivity contribution in [3.63, 3.8) is 0 Å². The molecule has 2 heterocycles. The highest BCUT2D eigenvalue weighted by atomic mass is 16.5. The minimum absolute atomic E-state index is 0.0624.